The first-order valence-electron chi connectivity index (χ1n) is 16.1. The molecular formula is C34H48BN3O4. The van der Waals surface area contributed by atoms with Gasteiger partial charge in [0.2, 0.25) is 5.91 Å². The van der Waals surface area contributed by atoms with Crippen LogP contribution < -0.4 is 5.32 Å². The van der Waals surface area contributed by atoms with Crippen LogP contribution in [0.25, 0.3) is 0 Å². The van der Waals surface area contributed by atoms with Crippen molar-refractivity contribution < 1.29 is 18.9 Å². The SMILES string of the molecule is CC(C)C=C(C#N)C(=O)N1CCC(CCCC(=O)NC(Cc2ccccc2)B2O[C@@H]3C[C@@H]4C[C@@H](C4(C)C)[C@]3(C)O2)CC1. The van der Waals surface area contributed by atoms with Gasteiger partial charge in [-0.15, -0.1) is 0 Å². The van der Waals surface area contributed by atoms with Crippen LogP contribution in [0.4, 0.5) is 0 Å². The Hall–Kier alpha value is -2.63. The van der Waals surface area contributed by atoms with Gasteiger partial charge in [0, 0.05) is 19.5 Å². The molecule has 7 nitrogen and oxygen atoms in total. The maximum absolute atomic E-state index is 13.2. The smallest absolute Gasteiger partial charge is 0.404 e. The molecule has 42 heavy (non-hydrogen) atoms. The van der Waals surface area contributed by atoms with Crippen LogP contribution in [-0.4, -0.2) is 54.6 Å². The van der Waals surface area contributed by atoms with E-state index in [0.29, 0.717) is 43.7 Å². The molecule has 0 radical (unpaired) electrons. The summed E-state index contributed by atoms with van der Waals surface area (Å²) < 4.78 is 13.3. The highest BCUT2D eigenvalue weighted by Crippen LogP contribution is 2.65. The van der Waals surface area contributed by atoms with Gasteiger partial charge in [-0.3, -0.25) is 9.59 Å². The number of nitrogens with zero attached hydrogens (tertiary/aromatic N) is 2. The Morgan fingerprint density at radius 1 is 1.17 bits per heavy atom. The van der Waals surface area contributed by atoms with Gasteiger partial charge in [0.25, 0.3) is 5.91 Å². The van der Waals surface area contributed by atoms with Crippen molar-refractivity contribution in [3.63, 3.8) is 0 Å². The number of carbonyl (C=O) groups is 2. The second-order valence-electron chi connectivity index (χ2n) is 14.3. The summed E-state index contributed by atoms with van der Waals surface area (Å²) in [6.45, 7) is 12.2. The van der Waals surface area contributed by atoms with Crippen LogP contribution in [0.3, 0.4) is 0 Å². The van der Waals surface area contributed by atoms with Gasteiger partial charge in [0.15, 0.2) is 0 Å². The summed E-state index contributed by atoms with van der Waals surface area (Å²) in [5.41, 5.74) is 1.36. The van der Waals surface area contributed by atoms with E-state index in [1.165, 1.54) is 6.42 Å². The predicted molar refractivity (Wildman–Crippen MR) is 164 cm³/mol. The maximum atomic E-state index is 13.2. The molecule has 3 saturated carbocycles. The third kappa shape index (κ3) is 6.33. The molecule has 2 amide bonds. The minimum Gasteiger partial charge on any atom is -0.404 e. The Bertz CT molecular complexity index is 1200. The molecular weight excluding hydrogens is 525 g/mol. The molecule has 5 atom stereocenters. The van der Waals surface area contributed by atoms with Crippen LogP contribution in [0, 0.1) is 40.4 Å². The summed E-state index contributed by atoms with van der Waals surface area (Å²) in [5, 5.41) is 12.7. The molecule has 5 fully saturated rings. The van der Waals surface area contributed by atoms with Crippen molar-refractivity contribution in [3.05, 3.63) is 47.5 Å². The van der Waals surface area contributed by atoms with E-state index in [4.69, 9.17) is 9.31 Å². The Morgan fingerprint density at radius 2 is 1.88 bits per heavy atom. The molecule has 6 rings (SSSR count). The summed E-state index contributed by atoms with van der Waals surface area (Å²) in [7, 11) is -0.454. The Labute approximate surface area is 252 Å². The number of hydrogen-bond donors (Lipinski definition) is 1. The molecule has 8 heteroatoms. The van der Waals surface area contributed by atoms with Crippen molar-refractivity contribution >= 4 is 18.9 Å². The van der Waals surface area contributed by atoms with Crippen molar-refractivity contribution in [2.45, 2.75) is 104 Å². The van der Waals surface area contributed by atoms with Crippen LogP contribution in [-0.2, 0) is 25.3 Å². The van der Waals surface area contributed by atoms with E-state index in [0.717, 1.165) is 37.7 Å². The summed E-state index contributed by atoms with van der Waals surface area (Å²) in [5.74, 6) is 1.45. The highest BCUT2D eigenvalue weighted by Gasteiger charge is 2.68. The number of nitriles is 1. The van der Waals surface area contributed by atoms with Crippen molar-refractivity contribution in [2.75, 3.05) is 13.1 Å². The number of rotatable bonds is 10. The molecule has 0 aromatic heterocycles. The average Bonchev–Trinajstić information content (AvgIpc) is 3.33. The first kappa shape index (κ1) is 30.8. The number of amides is 2. The molecule has 1 aromatic carbocycles. The van der Waals surface area contributed by atoms with E-state index in [2.05, 4.69) is 44.3 Å². The zero-order valence-electron chi connectivity index (χ0n) is 26.1. The maximum Gasteiger partial charge on any atom is 0.482 e. The molecule has 2 heterocycles. The van der Waals surface area contributed by atoms with Gasteiger partial charge in [0.05, 0.1) is 17.6 Å². The summed E-state index contributed by atoms with van der Waals surface area (Å²) in [6.07, 6.45) is 8.77. The van der Waals surface area contributed by atoms with Gasteiger partial charge in [-0.05, 0) is 86.5 Å². The number of carbonyl (C=O) groups excluding carboxylic acids is 2. The Morgan fingerprint density at radius 3 is 2.52 bits per heavy atom. The lowest BCUT2D eigenvalue weighted by Gasteiger charge is -2.64. The van der Waals surface area contributed by atoms with Gasteiger partial charge in [-0.1, -0.05) is 64.1 Å². The molecule has 1 N–H and O–H groups in total. The van der Waals surface area contributed by atoms with Crippen molar-refractivity contribution in [1.82, 2.24) is 10.2 Å². The lowest BCUT2D eigenvalue weighted by Crippen LogP contribution is -2.65. The fourth-order valence-corrected chi connectivity index (χ4v) is 8.07. The first-order chi connectivity index (χ1) is 20.0. The first-order valence-corrected chi connectivity index (χ1v) is 16.1. The van der Waals surface area contributed by atoms with E-state index >= 15 is 0 Å². The number of nitrogens with one attached hydrogen (secondary N) is 1. The third-order valence-electron chi connectivity index (χ3n) is 10.7. The predicted octanol–water partition coefficient (Wildman–Crippen LogP) is 5.50. The number of piperidine rings is 1. The van der Waals surface area contributed by atoms with Crippen LogP contribution >= 0.6 is 0 Å². The number of allylic oxidation sites excluding steroid dienone is 1. The average molecular weight is 574 g/mol. The molecule has 2 bridgehead atoms. The standard InChI is InChI=1S/C34H48BN3O4/c1-23(2)18-26(22-36)32(40)38-16-14-24(15-17-38)12-9-13-31(39)37-30(19-25-10-7-6-8-11-25)35-41-29-21-27-20-28(33(27,3)4)34(29,5)42-35/h6-8,10-11,18,23-24,27-30H,9,12-17,19-21H2,1-5H3,(H,37,39)/t27-,28-,29+,30?,34-/m0/s1. The monoisotopic (exact) mass is 573 g/mol. The molecule has 226 valence electrons. The van der Waals surface area contributed by atoms with E-state index in [9.17, 15) is 14.9 Å². The largest absolute Gasteiger partial charge is 0.482 e. The lowest BCUT2D eigenvalue weighted by molar-refractivity contribution is -0.199. The molecule has 1 aromatic rings. The Balaban J connectivity index is 1.13. The quantitative estimate of drug-likeness (QED) is 0.227. The van der Waals surface area contributed by atoms with Crippen molar-refractivity contribution in [1.29, 1.82) is 5.26 Å². The minimum absolute atomic E-state index is 0.0397. The number of hydrogen-bond acceptors (Lipinski definition) is 5. The van der Waals surface area contributed by atoms with Gasteiger partial charge in [0.1, 0.15) is 11.6 Å². The fourth-order valence-electron chi connectivity index (χ4n) is 8.07. The topological polar surface area (TPSA) is 91.7 Å². The second-order valence-corrected chi connectivity index (χ2v) is 14.3. The van der Waals surface area contributed by atoms with E-state index in [-0.39, 0.29) is 46.4 Å². The minimum atomic E-state index is -0.454. The van der Waals surface area contributed by atoms with Gasteiger partial charge in [-0.2, -0.15) is 5.26 Å². The highest BCUT2D eigenvalue weighted by atomic mass is 16.7. The van der Waals surface area contributed by atoms with E-state index in [1.807, 2.05) is 32.0 Å². The molecule has 2 aliphatic heterocycles. The number of likely N-dealkylation sites (tertiary alicyclic amines) is 1. The van der Waals surface area contributed by atoms with Gasteiger partial charge in [-0.25, -0.2) is 0 Å². The van der Waals surface area contributed by atoms with Crippen LogP contribution in [0.15, 0.2) is 42.0 Å². The fraction of sp³-hybridized carbons (Fsp3) is 0.676. The zero-order valence-corrected chi connectivity index (χ0v) is 26.1. The zero-order chi connectivity index (χ0) is 30.1. The van der Waals surface area contributed by atoms with Crippen LogP contribution in [0.1, 0.15) is 85.1 Å². The summed E-state index contributed by atoms with van der Waals surface area (Å²) in [4.78, 5) is 27.8. The molecule has 1 unspecified atom stereocenters. The van der Waals surface area contributed by atoms with Crippen molar-refractivity contribution in [3.8, 4) is 6.07 Å². The van der Waals surface area contributed by atoms with Gasteiger partial charge < -0.3 is 19.5 Å². The van der Waals surface area contributed by atoms with Gasteiger partial charge >= 0.3 is 7.12 Å². The Kier molecular flexibility index (Phi) is 9.20. The lowest BCUT2D eigenvalue weighted by atomic mass is 9.43. The second kappa shape index (κ2) is 12.5. The van der Waals surface area contributed by atoms with Crippen LogP contribution in [0.2, 0.25) is 0 Å². The summed E-state index contributed by atoms with van der Waals surface area (Å²) in [6, 6.07) is 12.3. The number of benzene rings is 1. The molecule has 0 spiro atoms. The summed E-state index contributed by atoms with van der Waals surface area (Å²) >= 11 is 0. The third-order valence-corrected chi connectivity index (χ3v) is 10.7. The molecule has 5 aliphatic rings. The van der Waals surface area contributed by atoms with E-state index < -0.39 is 7.12 Å². The molecule has 3 aliphatic carbocycles. The molecule has 2 saturated heterocycles. The highest BCUT2D eigenvalue weighted by molar-refractivity contribution is 6.48. The van der Waals surface area contributed by atoms with Crippen LogP contribution in [0.5, 0.6) is 0 Å². The normalized spacial score (nSPS) is 29.5. The van der Waals surface area contributed by atoms with E-state index in [1.54, 1.807) is 11.0 Å². The van der Waals surface area contributed by atoms with Crippen molar-refractivity contribution in [2.24, 2.45) is 29.1 Å².